The molecule has 41 heavy (non-hydrogen) atoms. The number of hydrogen-bond donors (Lipinski definition) is 1. The highest BCUT2D eigenvalue weighted by Gasteiger charge is 2.44. The number of nitrogens with one attached hydrogen (secondary N) is 1. The Hall–Kier alpha value is -3.35. The van der Waals surface area contributed by atoms with E-state index in [-0.39, 0.29) is 23.9 Å². The second-order valence-electron chi connectivity index (χ2n) is 13.2. The van der Waals surface area contributed by atoms with Gasteiger partial charge in [0.2, 0.25) is 0 Å². The first kappa shape index (κ1) is 27.8. The second kappa shape index (κ2) is 11.1. The Morgan fingerprint density at radius 3 is 2.63 bits per heavy atom. The molecule has 2 fully saturated rings. The number of carbonyl (C=O) groups is 2. The molecule has 2 saturated carbocycles. The van der Waals surface area contributed by atoms with Crippen molar-refractivity contribution in [2.45, 2.75) is 96.0 Å². The van der Waals surface area contributed by atoms with Gasteiger partial charge < -0.3 is 19.4 Å². The summed E-state index contributed by atoms with van der Waals surface area (Å²) in [6, 6.07) is 9.15. The monoisotopic (exact) mass is 557 g/mol. The first-order chi connectivity index (χ1) is 19.7. The fraction of sp³-hybridized carbons (Fsp3) is 0.559. The molecule has 1 aromatic heterocycles. The number of methoxy groups -OCH3 is 1. The maximum Gasteiger partial charge on any atom is 0.407 e. The van der Waals surface area contributed by atoms with Gasteiger partial charge in [0.1, 0.15) is 5.60 Å². The summed E-state index contributed by atoms with van der Waals surface area (Å²) < 4.78 is 13.1. The van der Waals surface area contributed by atoms with Crippen molar-refractivity contribution in [1.82, 2.24) is 9.88 Å². The third-order valence-corrected chi connectivity index (χ3v) is 9.44. The van der Waals surface area contributed by atoms with Crippen LogP contribution >= 0.6 is 0 Å². The van der Waals surface area contributed by atoms with Gasteiger partial charge in [-0.05, 0) is 76.3 Å². The van der Waals surface area contributed by atoms with Crippen LogP contribution in [0.1, 0.15) is 102 Å². The van der Waals surface area contributed by atoms with Gasteiger partial charge in [-0.2, -0.15) is 0 Å². The molecule has 7 heteroatoms. The van der Waals surface area contributed by atoms with Crippen molar-refractivity contribution >= 4 is 34.9 Å². The lowest BCUT2D eigenvalue weighted by atomic mass is 9.67. The Morgan fingerprint density at radius 1 is 1.07 bits per heavy atom. The lowest BCUT2D eigenvalue weighted by Gasteiger charge is -2.38. The molecule has 1 amide bonds. The third-order valence-electron chi connectivity index (χ3n) is 9.44. The highest BCUT2D eigenvalue weighted by atomic mass is 16.6. The van der Waals surface area contributed by atoms with E-state index in [2.05, 4.69) is 40.3 Å². The van der Waals surface area contributed by atoms with Crippen LogP contribution in [0.4, 0.5) is 4.79 Å². The summed E-state index contributed by atoms with van der Waals surface area (Å²) in [5.74, 6) is 1.00. The molecule has 0 bridgehead atoms. The van der Waals surface area contributed by atoms with Gasteiger partial charge in [0.05, 0.1) is 23.9 Å². The maximum atomic E-state index is 12.9. The number of benzene rings is 1. The van der Waals surface area contributed by atoms with Crippen molar-refractivity contribution in [1.29, 1.82) is 0 Å². The lowest BCUT2D eigenvalue weighted by molar-refractivity contribution is -0.135. The second-order valence-corrected chi connectivity index (χ2v) is 13.2. The Bertz CT molecular complexity index is 1430. The van der Waals surface area contributed by atoms with Crippen molar-refractivity contribution in [3.8, 4) is 0 Å². The topological polar surface area (TPSA) is 81.9 Å². The molecule has 0 radical (unpaired) electrons. The number of alkyl carbamates (subject to hydrolysis) is 1. The highest BCUT2D eigenvalue weighted by molar-refractivity contribution is 6.19. The van der Waals surface area contributed by atoms with Crippen molar-refractivity contribution in [3.63, 3.8) is 0 Å². The van der Waals surface area contributed by atoms with E-state index < -0.39 is 5.60 Å². The number of ether oxygens (including phenoxy) is 2. The van der Waals surface area contributed by atoms with E-state index in [1.54, 1.807) is 6.20 Å². The molecule has 3 atom stereocenters. The lowest BCUT2D eigenvalue weighted by Crippen LogP contribution is -2.36. The fourth-order valence-corrected chi connectivity index (χ4v) is 7.76. The number of carbonyl (C=O) groups excluding carboxylic acids is 2. The fourth-order valence-electron chi connectivity index (χ4n) is 7.76. The van der Waals surface area contributed by atoms with Crippen molar-refractivity contribution in [2.24, 2.45) is 16.8 Å². The van der Waals surface area contributed by atoms with Gasteiger partial charge in [-0.3, -0.25) is 4.99 Å². The van der Waals surface area contributed by atoms with E-state index in [0.29, 0.717) is 24.0 Å². The van der Waals surface area contributed by atoms with E-state index in [4.69, 9.17) is 14.5 Å². The summed E-state index contributed by atoms with van der Waals surface area (Å²) in [5.41, 5.74) is 5.91. The van der Waals surface area contributed by atoms with E-state index in [9.17, 15) is 9.59 Å². The SMILES string of the molecule is COC(=O)C1=CN=C2C1=Cn1c(cc3cccc(C4CCCCC4)c31)C1C(CCNC(=O)OC(C)(C)C)CCCC21. The number of para-hydroxylation sites is 1. The number of nitrogens with zero attached hydrogens (tertiary/aromatic N) is 2. The van der Waals surface area contributed by atoms with Crippen LogP contribution in [0, 0.1) is 11.8 Å². The molecule has 2 aliphatic carbocycles. The molecular weight excluding hydrogens is 514 g/mol. The number of amides is 1. The number of aromatic nitrogens is 1. The third kappa shape index (κ3) is 5.35. The normalized spacial score (nSPS) is 24.3. The largest absolute Gasteiger partial charge is 0.465 e. The molecule has 1 aromatic carbocycles. The first-order valence-electron chi connectivity index (χ1n) is 15.4. The summed E-state index contributed by atoms with van der Waals surface area (Å²) in [5, 5.41) is 4.25. The van der Waals surface area contributed by atoms with Crippen LogP contribution in [-0.4, -0.2) is 41.6 Å². The number of hydrogen-bond acceptors (Lipinski definition) is 5. The van der Waals surface area contributed by atoms with E-state index in [1.807, 2.05) is 20.8 Å². The van der Waals surface area contributed by atoms with Crippen molar-refractivity contribution in [3.05, 3.63) is 52.9 Å². The van der Waals surface area contributed by atoms with Gasteiger partial charge in [0.15, 0.2) is 0 Å². The van der Waals surface area contributed by atoms with Crippen LogP contribution in [0.25, 0.3) is 17.1 Å². The molecule has 218 valence electrons. The molecule has 2 aliphatic heterocycles. The number of fused-ring (bicyclic) bond motifs is 7. The van der Waals surface area contributed by atoms with Gasteiger partial charge >= 0.3 is 12.1 Å². The average Bonchev–Trinajstić information content (AvgIpc) is 3.50. The van der Waals surface area contributed by atoms with Crippen LogP contribution in [0.2, 0.25) is 0 Å². The standard InChI is InChI=1S/C34H43N3O4/c1-34(2,3)41-33(39)35-17-16-22-12-8-15-25-29(22)28-18-23-13-9-14-24(21-10-6-5-7-11-21)31(23)37(28)20-27-26(32(38)40-4)19-36-30(25)27/h9,13-14,18-22,25,29H,5-8,10-12,15-17H2,1-4H3,(H,35,39). The molecule has 6 rings (SSSR count). The summed E-state index contributed by atoms with van der Waals surface area (Å²) >= 11 is 0. The summed E-state index contributed by atoms with van der Waals surface area (Å²) in [6.07, 6.45) is 13.9. The van der Waals surface area contributed by atoms with Crippen LogP contribution in [-0.2, 0) is 14.3 Å². The molecular formula is C34H43N3O4. The van der Waals surface area contributed by atoms with Gasteiger partial charge in [0.25, 0.3) is 0 Å². The molecule has 0 saturated heterocycles. The predicted octanol–water partition coefficient (Wildman–Crippen LogP) is 7.47. The number of rotatable bonds is 5. The van der Waals surface area contributed by atoms with E-state index >= 15 is 0 Å². The maximum absolute atomic E-state index is 12.9. The van der Waals surface area contributed by atoms with Crippen LogP contribution < -0.4 is 5.32 Å². The van der Waals surface area contributed by atoms with E-state index in [0.717, 1.165) is 37.0 Å². The zero-order chi connectivity index (χ0) is 28.7. The van der Waals surface area contributed by atoms with Crippen LogP contribution in [0.15, 0.2) is 46.6 Å². The highest BCUT2D eigenvalue weighted by Crippen LogP contribution is 2.50. The van der Waals surface area contributed by atoms with Gasteiger partial charge in [-0.25, -0.2) is 9.59 Å². The first-order valence-corrected chi connectivity index (χ1v) is 15.4. The van der Waals surface area contributed by atoms with Crippen LogP contribution in [0.3, 0.4) is 0 Å². The number of esters is 1. The molecule has 2 aromatic rings. The Labute approximate surface area is 243 Å². The Balaban J connectivity index is 1.42. The van der Waals surface area contributed by atoms with Gasteiger partial charge in [-0.1, -0.05) is 43.9 Å². The Morgan fingerprint density at radius 2 is 1.88 bits per heavy atom. The molecule has 4 aliphatic rings. The summed E-state index contributed by atoms with van der Waals surface area (Å²) in [4.78, 5) is 30.1. The van der Waals surface area contributed by atoms with Crippen molar-refractivity contribution < 1.29 is 19.1 Å². The van der Waals surface area contributed by atoms with Gasteiger partial charge in [-0.15, -0.1) is 0 Å². The predicted molar refractivity (Wildman–Crippen MR) is 162 cm³/mol. The van der Waals surface area contributed by atoms with Crippen molar-refractivity contribution in [2.75, 3.05) is 13.7 Å². The minimum Gasteiger partial charge on any atom is -0.465 e. The summed E-state index contributed by atoms with van der Waals surface area (Å²) in [6.45, 7) is 6.21. The molecule has 1 N–H and O–H groups in total. The number of aliphatic imine (C=N–C) groups is 1. The van der Waals surface area contributed by atoms with Crippen LogP contribution in [0.5, 0.6) is 0 Å². The van der Waals surface area contributed by atoms with E-state index in [1.165, 1.54) is 61.4 Å². The molecule has 7 nitrogen and oxygen atoms in total. The minimum absolute atomic E-state index is 0.198. The minimum atomic E-state index is -0.523. The molecule has 3 unspecified atom stereocenters. The zero-order valence-electron chi connectivity index (χ0n) is 24.9. The molecule has 3 heterocycles. The summed E-state index contributed by atoms with van der Waals surface area (Å²) in [7, 11) is 1.44. The average molecular weight is 558 g/mol. The van der Waals surface area contributed by atoms with Gasteiger partial charge in [0, 0.05) is 47.4 Å². The smallest absolute Gasteiger partial charge is 0.407 e. The Kier molecular flexibility index (Phi) is 7.56. The zero-order valence-corrected chi connectivity index (χ0v) is 24.9. The molecule has 0 spiro atoms. The quantitative estimate of drug-likeness (QED) is 0.387.